The summed E-state index contributed by atoms with van der Waals surface area (Å²) in [6.45, 7) is 3.06. The Kier molecular flexibility index (Phi) is 3.59. The number of thiophene rings is 1. The first-order chi connectivity index (χ1) is 9.98. The Balaban J connectivity index is 1.88. The van der Waals surface area contributed by atoms with Gasteiger partial charge in [-0.05, 0) is 38.3 Å². The molecule has 3 N–H and O–H groups in total. The highest BCUT2D eigenvalue weighted by Crippen LogP contribution is 2.33. The van der Waals surface area contributed by atoms with Gasteiger partial charge in [-0.15, -0.1) is 11.3 Å². The molecule has 1 amide bonds. The number of amides is 1. The highest BCUT2D eigenvalue weighted by molar-refractivity contribution is 7.21. The number of fused-ring (bicyclic) bond motifs is 1. The van der Waals surface area contributed by atoms with Crippen LogP contribution in [0.2, 0.25) is 0 Å². The largest absolute Gasteiger partial charge is 0.397 e. The molecule has 112 valence electrons. The van der Waals surface area contributed by atoms with Crippen molar-refractivity contribution >= 4 is 33.1 Å². The average Bonchev–Trinajstić information content (AvgIpc) is 2.67. The van der Waals surface area contributed by atoms with Gasteiger partial charge in [-0.1, -0.05) is 0 Å². The second-order valence-electron chi connectivity index (χ2n) is 5.84. The van der Waals surface area contributed by atoms with Crippen LogP contribution in [0.3, 0.4) is 0 Å². The Morgan fingerprint density at radius 1 is 1.48 bits per heavy atom. The third-order valence-electron chi connectivity index (χ3n) is 4.05. The SMILES string of the molecule is CC1(O)CCCN(C(=O)c2sc3ncccc3c2N)CC1. The summed E-state index contributed by atoms with van der Waals surface area (Å²) in [5.41, 5.74) is 5.95. The maximum absolute atomic E-state index is 12.7. The summed E-state index contributed by atoms with van der Waals surface area (Å²) < 4.78 is 0. The van der Waals surface area contributed by atoms with E-state index in [4.69, 9.17) is 5.73 Å². The lowest BCUT2D eigenvalue weighted by Gasteiger charge is -2.22. The molecule has 2 aromatic heterocycles. The van der Waals surface area contributed by atoms with Gasteiger partial charge in [-0.2, -0.15) is 0 Å². The molecule has 3 heterocycles. The summed E-state index contributed by atoms with van der Waals surface area (Å²) in [6.07, 6.45) is 3.83. The number of aliphatic hydroxyl groups is 1. The summed E-state index contributed by atoms with van der Waals surface area (Å²) in [5.74, 6) is -0.0480. The molecule has 1 aliphatic heterocycles. The Bertz CT molecular complexity index is 681. The van der Waals surface area contributed by atoms with Crippen LogP contribution in [0.4, 0.5) is 5.69 Å². The highest BCUT2D eigenvalue weighted by Gasteiger charge is 2.29. The summed E-state index contributed by atoms with van der Waals surface area (Å²) in [7, 11) is 0. The van der Waals surface area contributed by atoms with Crippen molar-refractivity contribution in [2.75, 3.05) is 18.8 Å². The molecule has 0 radical (unpaired) electrons. The minimum atomic E-state index is -0.678. The molecule has 0 aromatic carbocycles. The monoisotopic (exact) mass is 305 g/mol. The predicted molar refractivity (Wildman–Crippen MR) is 84.4 cm³/mol. The summed E-state index contributed by atoms with van der Waals surface area (Å²) in [5, 5.41) is 11.0. The molecule has 1 unspecified atom stereocenters. The smallest absolute Gasteiger partial charge is 0.266 e. The van der Waals surface area contributed by atoms with Crippen molar-refractivity contribution < 1.29 is 9.90 Å². The van der Waals surface area contributed by atoms with Crippen LogP contribution < -0.4 is 5.73 Å². The van der Waals surface area contributed by atoms with Crippen molar-refractivity contribution in [1.82, 2.24) is 9.88 Å². The second kappa shape index (κ2) is 5.27. The molecule has 2 aromatic rings. The summed E-state index contributed by atoms with van der Waals surface area (Å²) in [4.78, 5) is 20.1. The molecule has 0 spiro atoms. The van der Waals surface area contributed by atoms with Gasteiger partial charge < -0.3 is 15.7 Å². The minimum Gasteiger partial charge on any atom is -0.397 e. The van der Waals surface area contributed by atoms with E-state index in [-0.39, 0.29) is 5.91 Å². The van der Waals surface area contributed by atoms with Crippen LogP contribution in [0.15, 0.2) is 18.3 Å². The van der Waals surface area contributed by atoms with E-state index < -0.39 is 5.60 Å². The first-order valence-corrected chi connectivity index (χ1v) is 7.94. The van der Waals surface area contributed by atoms with Crippen LogP contribution in [-0.4, -0.2) is 39.6 Å². The number of nitrogen functional groups attached to an aromatic ring is 1. The van der Waals surface area contributed by atoms with Crippen molar-refractivity contribution in [3.8, 4) is 0 Å². The van der Waals surface area contributed by atoms with E-state index in [1.165, 1.54) is 11.3 Å². The van der Waals surface area contributed by atoms with Crippen molar-refractivity contribution in [3.63, 3.8) is 0 Å². The number of carbonyl (C=O) groups is 1. The number of likely N-dealkylation sites (tertiary alicyclic amines) is 1. The van der Waals surface area contributed by atoms with E-state index in [9.17, 15) is 9.90 Å². The Hall–Kier alpha value is -1.66. The maximum Gasteiger partial charge on any atom is 0.266 e. The third kappa shape index (κ3) is 2.73. The van der Waals surface area contributed by atoms with Crippen molar-refractivity contribution in [2.45, 2.75) is 31.8 Å². The number of anilines is 1. The van der Waals surface area contributed by atoms with Gasteiger partial charge in [0, 0.05) is 24.7 Å². The molecule has 3 rings (SSSR count). The van der Waals surface area contributed by atoms with Crippen molar-refractivity contribution in [2.24, 2.45) is 0 Å². The molecule has 1 atom stereocenters. The number of hydrogen-bond donors (Lipinski definition) is 2. The lowest BCUT2D eigenvalue weighted by atomic mass is 9.98. The Morgan fingerprint density at radius 3 is 3.05 bits per heavy atom. The zero-order valence-electron chi connectivity index (χ0n) is 12.0. The quantitative estimate of drug-likeness (QED) is 0.847. The van der Waals surface area contributed by atoms with Crippen molar-refractivity contribution in [3.05, 3.63) is 23.2 Å². The van der Waals surface area contributed by atoms with E-state index in [1.54, 1.807) is 11.1 Å². The Labute approximate surface area is 127 Å². The number of aromatic nitrogens is 1. The van der Waals surface area contributed by atoms with E-state index in [0.29, 0.717) is 30.1 Å². The maximum atomic E-state index is 12.7. The number of carbonyl (C=O) groups excluding carboxylic acids is 1. The van der Waals surface area contributed by atoms with Crippen LogP contribution in [0.1, 0.15) is 35.9 Å². The molecular weight excluding hydrogens is 286 g/mol. The topological polar surface area (TPSA) is 79.5 Å². The first-order valence-electron chi connectivity index (χ1n) is 7.12. The van der Waals surface area contributed by atoms with Gasteiger partial charge in [0.15, 0.2) is 0 Å². The highest BCUT2D eigenvalue weighted by atomic mass is 32.1. The predicted octanol–water partition coefficient (Wildman–Crippen LogP) is 2.26. The van der Waals surface area contributed by atoms with Gasteiger partial charge >= 0.3 is 0 Å². The fourth-order valence-electron chi connectivity index (χ4n) is 2.72. The van der Waals surface area contributed by atoms with Crippen LogP contribution in [0.5, 0.6) is 0 Å². The molecular formula is C15H19N3O2S. The van der Waals surface area contributed by atoms with E-state index in [0.717, 1.165) is 23.1 Å². The van der Waals surface area contributed by atoms with E-state index >= 15 is 0 Å². The van der Waals surface area contributed by atoms with Gasteiger partial charge in [-0.3, -0.25) is 4.79 Å². The molecule has 0 bridgehead atoms. The molecule has 1 aliphatic rings. The van der Waals surface area contributed by atoms with Crippen LogP contribution in [0, 0.1) is 0 Å². The van der Waals surface area contributed by atoms with Gasteiger partial charge in [0.25, 0.3) is 5.91 Å². The van der Waals surface area contributed by atoms with E-state index in [1.807, 2.05) is 19.1 Å². The molecule has 0 saturated carbocycles. The molecule has 1 fully saturated rings. The fraction of sp³-hybridized carbons (Fsp3) is 0.467. The van der Waals surface area contributed by atoms with Gasteiger partial charge in [0.1, 0.15) is 9.71 Å². The number of rotatable bonds is 1. The summed E-state index contributed by atoms with van der Waals surface area (Å²) in [6, 6.07) is 3.71. The third-order valence-corrected chi connectivity index (χ3v) is 5.17. The minimum absolute atomic E-state index is 0.0480. The Morgan fingerprint density at radius 2 is 2.29 bits per heavy atom. The number of hydrogen-bond acceptors (Lipinski definition) is 5. The lowest BCUT2D eigenvalue weighted by molar-refractivity contribution is 0.0438. The van der Waals surface area contributed by atoms with Gasteiger partial charge in [0.2, 0.25) is 0 Å². The van der Waals surface area contributed by atoms with E-state index in [2.05, 4.69) is 4.98 Å². The van der Waals surface area contributed by atoms with Gasteiger partial charge in [0.05, 0.1) is 11.3 Å². The van der Waals surface area contributed by atoms with Gasteiger partial charge in [-0.25, -0.2) is 4.98 Å². The normalized spacial score (nSPS) is 23.2. The number of nitrogens with two attached hydrogens (primary N) is 1. The molecule has 21 heavy (non-hydrogen) atoms. The molecule has 5 nitrogen and oxygen atoms in total. The summed E-state index contributed by atoms with van der Waals surface area (Å²) >= 11 is 1.34. The zero-order chi connectivity index (χ0) is 15.0. The van der Waals surface area contributed by atoms with Crippen LogP contribution in [0.25, 0.3) is 10.2 Å². The standard InChI is InChI=1S/C15H19N3O2S/c1-15(20)5-3-8-18(9-6-15)14(19)12-11(16)10-4-2-7-17-13(10)21-12/h2,4,7,20H,3,5-6,8-9,16H2,1H3. The molecule has 6 heteroatoms. The second-order valence-corrected chi connectivity index (χ2v) is 6.84. The number of nitrogens with zero attached hydrogens (tertiary/aromatic N) is 2. The average molecular weight is 305 g/mol. The van der Waals surface area contributed by atoms with Crippen molar-refractivity contribution in [1.29, 1.82) is 0 Å². The lowest BCUT2D eigenvalue weighted by Crippen LogP contribution is -2.33. The fourth-order valence-corrected chi connectivity index (χ4v) is 3.75. The molecule has 0 aliphatic carbocycles. The number of pyridine rings is 1. The molecule has 1 saturated heterocycles. The van der Waals surface area contributed by atoms with Crippen LogP contribution >= 0.6 is 11.3 Å². The first kappa shape index (κ1) is 14.3. The zero-order valence-corrected chi connectivity index (χ0v) is 12.8. The van der Waals surface area contributed by atoms with Crippen LogP contribution in [-0.2, 0) is 0 Å².